The molecule has 3 saturated heterocycles. The van der Waals surface area contributed by atoms with Gasteiger partial charge in [-0.3, -0.25) is 4.99 Å². The predicted molar refractivity (Wildman–Crippen MR) is 116 cm³/mol. The van der Waals surface area contributed by atoms with Gasteiger partial charge in [0.25, 0.3) is 0 Å². The number of aliphatic hydroxyl groups is 1. The van der Waals surface area contributed by atoms with Crippen molar-refractivity contribution in [3.63, 3.8) is 0 Å². The van der Waals surface area contributed by atoms with Crippen LogP contribution >= 0.6 is 24.0 Å². The second-order valence-corrected chi connectivity index (χ2v) is 7.97. The molecular formula is C19H37IN4O2. The van der Waals surface area contributed by atoms with Gasteiger partial charge >= 0.3 is 0 Å². The van der Waals surface area contributed by atoms with Crippen LogP contribution in [0.3, 0.4) is 0 Å². The zero-order valence-electron chi connectivity index (χ0n) is 16.3. The number of nitrogens with one attached hydrogen (secondary N) is 1. The monoisotopic (exact) mass is 480 g/mol. The lowest BCUT2D eigenvalue weighted by Crippen LogP contribution is -2.44. The van der Waals surface area contributed by atoms with Crippen molar-refractivity contribution in [2.45, 2.75) is 51.0 Å². The molecule has 0 bridgehead atoms. The zero-order valence-corrected chi connectivity index (χ0v) is 18.6. The Kier molecular flexibility index (Phi) is 9.40. The normalized spacial score (nSPS) is 27.2. The zero-order chi connectivity index (χ0) is 17.5. The second kappa shape index (κ2) is 11.0. The number of hydrogen-bond donors (Lipinski definition) is 2. The van der Waals surface area contributed by atoms with E-state index >= 15 is 0 Å². The predicted octanol–water partition coefficient (Wildman–Crippen LogP) is 1.92. The maximum atomic E-state index is 10.7. The van der Waals surface area contributed by atoms with Gasteiger partial charge in [-0.1, -0.05) is 6.42 Å². The van der Waals surface area contributed by atoms with Crippen LogP contribution in [-0.4, -0.2) is 85.5 Å². The van der Waals surface area contributed by atoms with E-state index in [1.165, 1.54) is 45.3 Å². The summed E-state index contributed by atoms with van der Waals surface area (Å²) < 4.78 is 5.37. The molecule has 1 unspecified atom stereocenters. The van der Waals surface area contributed by atoms with Gasteiger partial charge in [0.05, 0.1) is 12.1 Å². The Bertz CT molecular complexity index is 437. The largest absolute Gasteiger partial charge is 0.388 e. The van der Waals surface area contributed by atoms with Crippen LogP contribution in [0.25, 0.3) is 0 Å². The number of likely N-dealkylation sites (tertiary alicyclic amines) is 2. The first-order chi connectivity index (χ1) is 12.2. The van der Waals surface area contributed by atoms with Crippen molar-refractivity contribution in [3.05, 3.63) is 0 Å². The number of ether oxygens (including phenoxy) is 1. The molecule has 26 heavy (non-hydrogen) atoms. The smallest absolute Gasteiger partial charge is 0.194 e. The molecule has 3 aliphatic heterocycles. The fourth-order valence-electron chi connectivity index (χ4n) is 4.24. The molecule has 2 N–H and O–H groups in total. The van der Waals surface area contributed by atoms with Gasteiger partial charge in [0, 0.05) is 52.2 Å². The molecule has 1 atom stereocenters. The number of halogens is 1. The molecule has 0 spiro atoms. The molecule has 0 aromatic carbocycles. The van der Waals surface area contributed by atoms with Gasteiger partial charge in [-0.15, -0.1) is 24.0 Å². The third-order valence-corrected chi connectivity index (χ3v) is 5.83. The van der Waals surface area contributed by atoms with Crippen LogP contribution in [0, 0.1) is 5.92 Å². The standard InChI is InChI=1S/C19H36N4O2.HI/c1-2-20-18(21-16-19(24)7-12-25-13-8-19)23-11-6-17(15-23)14-22-9-4-3-5-10-22;/h17,24H,2-16H2,1H3,(H,20,21);1H. The van der Waals surface area contributed by atoms with Crippen LogP contribution in [0.1, 0.15) is 45.4 Å². The summed E-state index contributed by atoms with van der Waals surface area (Å²) in [4.78, 5) is 9.82. The van der Waals surface area contributed by atoms with E-state index in [-0.39, 0.29) is 24.0 Å². The highest BCUT2D eigenvalue weighted by atomic mass is 127. The van der Waals surface area contributed by atoms with Crippen LogP contribution in [0.5, 0.6) is 0 Å². The lowest BCUT2D eigenvalue weighted by molar-refractivity contribution is -0.0566. The number of guanidine groups is 1. The molecule has 0 aromatic heterocycles. The summed E-state index contributed by atoms with van der Waals surface area (Å²) in [5, 5.41) is 14.1. The molecule has 6 nitrogen and oxygen atoms in total. The Labute approximate surface area is 175 Å². The molecule has 3 aliphatic rings. The van der Waals surface area contributed by atoms with Gasteiger partial charge in [0.1, 0.15) is 0 Å². The minimum atomic E-state index is -0.689. The van der Waals surface area contributed by atoms with Gasteiger partial charge in [0.15, 0.2) is 5.96 Å². The fourth-order valence-corrected chi connectivity index (χ4v) is 4.24. The summed E-state index contributed by atoms with van der Waals surface area (Å²) in [5.74, 6) is 1.72. The number of nitrogens with zero attached hydrogens (tertiary/aromatic N) is 3. The van der Waals surface area contributed by atoms with Crippen LogP contribution in [0.4, 0.5) is 0 Å². The maximum Gasteiger partial charge on any atom is 0.194 e. The van der Waals surface area contributed by atoms with E-state index in [1.807, 2.05) is 0 Å². The minimum absolute atomic E-state index is 0. The van der Waals surface area contributed by atoms with Crippen molar-refractivity contribution >= 4 is 29.9 Å². The summed E-state index contributed by atoms with van der Waals surface area (Å²) in [6.07, 6.45) is 6.75. The molecule has 0 amide bonds. The number of piperidine rings is 1. The number of aliphatic imine (C=N–C) groups is 1. The highest BCUT2D eigenvalue weighted by molar-refractivity contribution is 14.0. The van der Waals surface area contributed by atoms with E-state index in [1.54, 1.807) is 0 Å². The van der Waals surface area contributed by atoms with Crippen LogP contribution in [-0.2, 0) is 4.74 Å². The van der Waals surface area contributed by atoms with Crippen LogP contribution in [0.2, 0.25) is 0 Å². The Morgan fingerprint density at radius 3 is 2.62 bits per heavy atom. The average molecular weight is 480 g/mol. The third-order valence-electron chi connectivity index (χ3n) is 5.83. The van der Waals surface area contributed by atoms with E-state index in [0.29, 0.717) is 32.6 Å². The molecule has 152 valence electrons. The molecule has 0 radical (unpaired) electrons. The lowest BCUT2D eigenvalue weighted by Gasteiger charge is -2.31. The average Bonchev–Trinajstić information content (AvgIpc) is 3.08. The first-order valence-electron chi connectivity index (χ1n) is 10.2. The molecule has 3 heterocycles. The lowest BCUT2D eigenvalue weighted by atomic mass is 9.95. The molecule has 0 saturated carbocycles. The van der Waals surface area contributed by atoms with E-state index in [9.17, 15) is 5.11 Å². The molecule has 3 rings (SSSR count). The summed E-state index contributed by atoms with van der Waals surface area (Å²) in [6, 6.07) is 0. The van der Waals surface area contributed by atoms with Crippen LogP contribution in [0.15, 0.2) is 4.99 Å². The highest BCUT2D eigenvalue weighted by Crippen LogP contribution is 2.22. The fraction of sp³-hybridized carbons (Fsp3) is 0.947. The highest BCUT2D eigenvalue weighted by Gasteiger charge is 2.31. The van der Waals surface area contributed by atoms with Gasteiger partial charge in [-0.25, -0.2) is 0 Å². The van der Waals surface area contributed by atoms with Gasteiger partial charge < -0.3 is 25.0 Å². The molecule has 0 aliphatic carbocycles. The van der Waals surface area contributed by atoms with Crippen molar-refractivity contribution in [1.29, 1.82) is 0 Å². The third kappa shape index (κ3) is 6.49. The van der Waals surface area contributed by atoms with E-state index in [0.717, 1.165) is 31.5 Å². The van der Waals surface area contributed by atoms with Crippen molar-refractivity contribution in [3.8, 4) is 0 Å². The Hall–Kier alpha value is -0.120. The van der Waals surface area contributed by atoms with E-state index in [4.69, 9.17) is 9.73 Å². The second-order valence-electron chi connectivity index (χ2n) is 7.97. The summed E-state index contributed by atoms with van der Waals surface area (Å²) in [7, 11) is 0. The quantitative estimate of drug-likeness (QED) is 0.358. The van der Waals surface area contributed by atoms with E-state index < -0.39 is 5.60 Å². The summed E-state index contributed by atoms with van der Waals surface area (Å²) >= 11 is 0. The first kappa shape index (κ1) is 22.2. The topological polar surface area (TPSA) is 60.3 Å². The molecular weight excluding hydrogens is 443 g/mol. The first-order valence-corrected chi connectivity index (χ1v) is 10.2. The van der Waals surface area contributed by atoms with E-state index in [2.05, 4.69) is 22.0 Å². The van der Waals surface area contributed by atoms with Gasteiger partial charge in [-0.2, -0.15) is 0 Å². The van der Waals surface area contributed by atoms with Crippen molar-refractivity contribution < 1.29 is 9.84 Å². The Balaban J connectivity index is 0.00000243. The maximum absolute atomic E-state index is 10.7. The van der Waals surface area contributed by atoms with Crippen LogP contribution < -0.4 is 5.32 Å². The molecule has 3 fully saturated rings. The Morgan fingerprint density at radius 1 is 1.19 bits per heavy atom. The van der Waals surface area contributed by atoms with Gasteiger partial charge in [-0.05, 0) is 45.2 Å². The van der Waals surface area contributed by atoms with Gasteiger partial charge in [0.2, 0.25) is 0 Å². The van der Waals surface area contributed by atoms with Crippen molar-refractivity contribution in [1.82, 2.24) is 15.1 Å². The molecule has 0 aromatic rings. The minimum Gasteiger partial charge on any atom is -0.388 e. The molecule has 7 heteroatoms. The summed E-state index contributed by atoms with van der Waals surface area (Å²) in [5.41, 5.74) is -0.689. The number of rotatable bonds is 5. The summed E-state index contributed by atoms with van der Waals surface area (Å²) in [6.45, 7) is 10.7. The van der Waals surface area contributed by atoms with Crippen molar-refractivity contribution in [2.75, 3.05) is 59.0 Å². The van der Waals surface area contributed by atoms with Crippen molar-refractivity contribution in [2.24, 2.45) is 10.9 Å². The Morgan fingerprint density at radius 2 is 1.92 bits per heavy atom. The SMILES string of the molecule is CCNC(=NCC1(O)CCOCC1)N1CCC(CN2CCCCC2)C1.I. The number of hydrogen-bond acceptors (Lipinski definition) is 4.